The third kappa shape index (κ3) is 4.42. The van der Waals surface area contributed by atoms with Gasteiger partial charge in [-0.15, -0.1) is 0 Å². The van der Waals surface area contributed by atoms with Gasteiger partial charge >= 0.3 is 5.97 Å². The molecule has 7 nitrogen and oxygen atoms in total. The molecule has 1 aromatic rings. The van der Waals surface area contributed by atoms with E-state index in [1.165, 1.54) is 37.1 Å². The molecule has 3 N–H and O–H groups in total. The monoisotopic (exact) mass is 286 g/mol. The molecule has 8 heteroatoms. The molecule has 0 spiro atoms. The van der Waals surface area contributed by atoms with Crippen molar-refractivity contribution >= 4 is 23.4 Å². The number of methoxy groups -OCH3 is 1. The second kappa shape index (κ2) is 6.95. The number of non-ortho nitro benzene ring substituents is 1. The summed E-state index contributed by atoms with van der Waals surface area (Å²) in [4.78, 5) is 20.8. The predicted octanol–water partition coefficient (Wildman–Crippen LogP) is 1.25. The summed E-state index contributed by atoms with van der Waals surface area (Å²) in [5.74, 6) is 0.0769. The van der Waals surface area contributed by atoms with Crippen LogP contribution >= 0.6 is 11.8 Å². The van der Waals surface area contributed by atoms with Gasteiger partial charge in [0, 0.05) is 29.2 Å². The van der Waals surface area contributed by atoms with E-state index < -0.39 is 16.9 Å². The molecule has 0 aliphatic carbocycles. The standard InChI is InChI=1S/C11H14N2O5S/c1-18-10-3-2-8(13(16)17)4-7(10)5-19-6-9(12)11(14)15/h2-4,9H,5-6,12H2,1H3,(H,14,15)/t9-/m1/s1. The van der Waals surface area contributed by atoms with E-state index in [9.17, 15) is 14.9 Å². The van der Waals surface area contributed by atoms with Gasteiger partial charge in [-0.05, 0) is 6.07 Å². The molecule has 1 aromatic carbocycles. The zero-order valence-electron chi connectivity index (χ0n) is 10.2. The molecule has 0 saturated carbocycles. The van der Waals surface area contributed by atoms with Gasteiger partial charge in [-0.25, -0.2) is 0 Å². The van der Waals surface area contributed by atoms with Crippen LogP contribution in [-0.4, -0.2) is 34.9 Å². The van der Waals surface area contributed by atoms with Crippen LogP contribution in [0.4, 0.5) is 5.69 Å². The van der Waals surface area contributed by atoms with Crippen molar-refractivity contribution in [2.24, 2.45) is 5.73 Å². The Balaban J connectivity index is 2.72. The molecule has 0 aliphatic heterocycles. The molecule has 0 unspecified atom stereocenters. The van der Waals surface area contributed by atoms with E-state index in [4.69, 9.17) is 15.6 Å². The summed E-state index contributed by atoms with van der Waals surface area (Å²) < 4.78 is 5.10. The zero-order chi connectivity index (χ0) is 14.4. The Morgan fingerprint density at radius 3 is 2.84 bits per heavy atom. The lowest BCUT2D eigenvalue weighted by Crippen LogP contribution is -2.32. The highest BCUT2D eigenvalue weighted by molar-refractivity contribution is 7.98. The number of thioether (sulfide) groups is 1. The number of rotatable bonds is 7. The Bertz CT molecular complexity index is 480. The first-order chi connectivity index (χ1) is 8.95. The maximum atomic E-state index is 10.7. The van der Waals surface area contributed by atoms with Crippen molar-refractivity contribution in [3.05, 3.63) is 33.9 Å². The summed E-state index contributed by atoms with van der Waals surface area (Å²) in [6.07, 6.45) is 0. The van der Waals surface area contributed by atoms with E-state index in [0.29, 0.717) is 17.1 Å². The number of nitrogens with zero attached hydrogens (tertiary/aromatic N) is 1. The second-order valence-electron chi connectivity index (χ2n) is 3.71. The van der Waals surface area contributed by atoms with Crippen LogP contribution in [0.3, 0.4) is 0 Å². The third-order valence-electron chi connectivity index (χ3n) is 2.35. The lowest BCUT2D eigenvalue weighted by Gasteiger charge is -2.09. The molecular weight excluding hydrogens is 272 g/mol. The number of carbonyl (C=O) groups is 1. The number of aliphatic carboxylic acids is 1. The third-order valence-corrected chi connectivity index (χ3v) is 3.46. The highest BCUT2D eigenvalue weighted by atomic mass is 32.2. The van der Waals surface area contributed by atoms with Crippen LogP contribution in [-0.2, 0) is 10.5 Å². The van der Waals surface area contributed by atoms with E-state index in [1.54, 1.807) is 0 Å². The topological polar surface area (TPSA) is 116 Å². The van der Waals surface area contributed by atoms with E-state index in [1.807, 2.05) is 0 Å². The minimum absolute atomic E-state index is 0.0288. The number of nitro benzene ring substituents is 1. The molecule has 1 atom stereocenters. The first-order valence-corrected chi connectivity index (χ1v) is 6.48. The maximum absolute atomic E-state index is 10.7. The van der Waals surface area contributed by atoms with Crippen molar-refractivity contribution in [3.63, 3.8) is 0 Å². The highest BCUT2D eigenvalue weighted by Crippen LogP contribution is 2.27. The van der Waals surface area contributed by atoms with Crippen molar-refractivity contribution in [1.29, 1.82) is 0 Å². The molecule has 1 rings (SSSR count). The van der Waals surface area contributed by atoms with Crippen LogP contribution < -0.4 is 10.5 Å². The van der Waals surface area contributed by atoms with E-state index in [2.05, 4.69) is 0 Å². The van der Waals surface area contributed by atoms with E-state index in [-0.39, 0.29) is 11.4 Å². The summed E-state index contributed by atoms with van der Waals surface area (Å²) in [6.45, 7) is 0. The van der Waals surface area contributed by atoms with Gasteiger partial charge < -0.3 is 15.6 Å². The molecule has 0 fully saturated rings. The quantitative estimate of drug-likeness (QED) is 0.572. The second-order valence-corrected chi connectivity index (χ2v) is 4.74. The molecule has 0 radical (unpaired) electrons. The molecule has 19 heavy (non-hydrogen) atoms. The lowest BCUT2D eigenvalue weighted by molar-refractivity contribution is -0.384. The number of benzene rings is 1. The molecule has 0 amide bonds. The first kappa shape index (κ1) is 15.3. The van der Waals surface area contributed by atoms with Gasteiger partial charge in [-0.3, -0.25) is 14.9 Å². The number of carboxylic acids is 1. The molecule has 0 saturated heterocycles. The average Bonchev–Trinajstić information content (AvgIpc) is 2.38. The van der Waals surface area contributed by atoms with Crippen molar-refractivity contribution in [2.75, 3.05) is 12.9 Å². The minimum Gasteiger partial charge on any atom is -0.496 e. The summed E-state index contributed by atoms with van der Waals surface area (Å²) >= 11 is 1.28. The first-order valence-electron chi connectivity index (χ1n) is 5.33. The number of ether oxygens (including phenoxy) is 1. The Morgan fingerprint density at radius 1 is 1.63 bits per heavy atom. The molecule has 0 bridgehead atoms. The smallest absolute Gasteiger partial charge is 0.321 e. The molecular formula is C11H14N2O5S. The van der Waals surface area contributed by atoms with Gasteiger partial charge in [0.15, 0.2) is 0 Å². The van der Waals surface area contributed by atoms with Gasteiger partial charge in [0.05, 0.1) is 12.0 Å². The number of nitrogens with two attached hydrogens (primary N) is 1. The fraction of sp³-hybridized carbons (Fsp3) is 0.364. The molecule has 0 heterocycles. The summed E-state index contributed by atoms with van der Waals surface area (Å²) in [7, 11) is 1.47. The predicted molar refractivity (Wildman–Crippen MR) is 71.4 cm³/mol. The van der Waals surface area contributed by atoms with Gasteiger partial charge in [0.2, 0.25) is 0 Å². The average molecular weight is 286 g/mol. The van der Waals surface area contributed by atoms with Crippen molar-refractivity contribution in [2.45, 2.75) is 11.8 Å². The Morgan fingerprint density at radius 2 is 2.32 bits per heavy atom. The van der Waals surface area contributed by atoms with Crippen molar-refractivity contribution in [3.8, 4) is 5.75 Å². The fourth-order valence-electron chi connectivity index (χ4n) is 1.36. The molecule has 104 valence electrons. The van der Waals surface area contributed by atoms with Crippen molar-refractivity contribution < 1.29 is 19.6 Å². The van der Waals surface area contributed by atoms with Crippen LogP contribution in [0.2, 0.25) is 0 Å². The Hall–Kier alpha value is -1.80. The largest absolute Gasteiger partial charge is 0.496 e. The van der Waals surface area contributed by atoms with Crippen molar-refractivity contribution in [1.82, 2.24) is 0 Å². The van der Waals surface area contributed by atoms with Crippen LogP contribution in [0.1, 0.15) is 5.56 Å². The fourth-order valence-corrected chi connectivity index (χ4v) is 2.32. The van der Waals surface area contributed by atoms with Crippen LogP contribution in [0.5, 0.6) is 5.75 Å². The van der Waals surface area contributed by atoms with Gasteiger partial charge in [-0.2, -0.15) is 11.8 Å². The number of hydrogen-bond acceptors (Lipinski definition) is 6. The maximum Gasteiger partial charge on any atom is 0.321 e. The Labute approximate surface area is 113 Å². The SMILES string of the molecule is COc1ccc([N+](=O)[O-])cc1CSC[C@@H](N)C(=O)O. The normalized spacial score (nSPS) is 11.9. The van der Waals surface area contributed by atoms with Crippen LogP contribution in [0.25, 0.3) is 0 Å². The summed E-state index contributed by atoms with van der Waals surface area (Å²) in [6, 6.07) is 3.34. The van der Waals surface area contributed by atoms with Crippen LogP contribution in [0, 0.1) is 10.1 Å². The van der Waals surface area contributed by atoms with Crippen LogP contribution in [0.15, 0.2) is 18.2 Å². The number of carboxylic acid groups (broad SMARTS) is 1. The molecule has 0 aromatic heterocycles. The summed E-state index contributed by atoms with van der Waals surface area (Å²) in [5.41, 5.74) is 5.98. The Kier molecular flexibility index (Phi) is 5.58. The molecule has 0 aliphatic rings. The number of nitro groups is 1. The zero-order valence-corrected chi connectivity index (χ0v) is 11.1. The van der Waals surface area contributed by atoms with Gasteiger partial charge in [0.25, 0.3) is 5.69 Å². The minimum atomic E-state index is -1.07. The highest BCUT2D eigenvalue weighted by Gasteiger charge is 2.14. The summed E-state index contributed by atoms with van der Waals surface area (Å²) in [5, 5.41) is 19.3. The van der Waals surface area contributed by atoms with E-state index >= 15 is 0 Å². The van der Waals surface area contributed by atoms with Gasteiger partial charge in [-0.1, -0.05) is 0 Å². The number of hydrogen-bond donors (Lipinski definition) is 2. The lowest BCUT2D eigenvalue weighted by atomic mass is 10.2. The van der Waals surface area contributed by atoms with Gasteiger partial charge in [0.1, 0.15) is 11.8 Å². The van der Waals surface area contributed by atoms with E-state index in [0.717, 1.165) is 0 Å².